The fourth-order valence-corrected chi connectivity index (χ4v) is 3.95. The van der Waals surface area contributed by atoms with E-state index in [1.165, 1.54) is 11.3 Å². The average molecular weight is 460 g/mol. The number of thiazole rings is 1. The van der Waals surface area contributed by atoms with Gasteiger partial charge in [-0.1, -0.05) is 40.9 Å². The fraction of sp³-hybridized carbons (Fsp3) is 0. The maximum absolute atomic E-state index is 12.4. The Hall–Kier alpha value is -2.62. The molecule has 0 saturated heterocycles. The number of nitrogens with zero attached hydrogens (tertiary/aromatic N) is 2. The van der Waals surface area contributed by atoms with Crippen LogP contribution in [0.3, 0.4) is 0 Å². The summed E-state index contributed by atoms with van der Waals surface area (Å²) in [6.07, 6.45) is 1.63. The maximum Gasteiger partial charge on any atom is 0.345 e. The van der Waals surface area contributed by atoms with Crippen LogP contribution in [0.1, 0.15) is 10.6 Å². The van der Waals surface area contributed by atoms with Crippen LogP contribution in [0, 0.1) is 11.3 Å². The summed E-state index contributed by atoms with van der Waals surface area (Å²) >= 11 is 19.3. The van der Waals surface area contributed by atoms with Gasteiger partial charge in [-0.3, -0.25) is 0 Å². The molecule has 2 heterocycles. The van der Waals surface area contributed by atoms with Gasteiger partial charge >= 0.3 is 5.63 Å². The molecule has 0 spiro atoms. The van der Waals surface area contributed by atoms with Crippen molar-refractivity contribution in [2.45, 2.75) is 0 Å². The van der Waals surface area contributed by atoms with Crippen LogP contribution in [-0.2, 0) is 0 Å². The first kappa shape index (κ1) is 19.7. The van der Waals surface area contributed by atoms with E-state index in [1.807, 2.05) is 0 Å². The van der Waals surface area contributed by atoms with E-state index in [1.54, 1.807) is 53.9 Å². The molecular weight excluding hydrogens is 451 g/mol. The molecule has 29 heavy (non-hydrogen) atoms. The molecule has 0 aliphatic heterocycles. The van der Waals surface area contributed by atoms with Crippen molar-refractivity contribution < 1.29 is 4.42 Å². The van der Waals surface area contributed by atoms with Gasteiger partial charge in [-0.05, 0) is 48.0 Å². The Morgan fingerprint density at radius 1 is 1.10 bits per heavy atom. The Kier molecular flexibility index (Phi) is 5.44. The molecule has 0 aliphatic rings. The zero-order valence-corrected chi connectivity index (χ0v) is 17.5. The SMILES string of the molecule is N#C/C(=C\c1nc(-c2cc3cc(Cl)ccc3oc2=O)cs1)c1ccc(Cl)c(Cl)c1. The second-order valence-corrected chi connectivity index (χ2v) is 8.14. The highest BCUT2D eigenvalue weighted by Gasteiger charge is 2.12. The van der Waals surface area contributed by atoms with Crippen LogP contribution in [0.4, 0.5) is 0 Å². The number of hydrogen-bond acceptors (Lipinski definition) is 5. The van der Waals surface area contributed by atoms with E-state index in [0.717, 1.165) is 0 Å². The van der Waals surface area contributed by atoms with E-state index < -0.39 is 5.63 Å². The van der Waals surface area contributed by atoms with Gasteiger partial charge in [0, 0.05) is 15.8 Å². The lowest BCUT2D eigenvalue weighted by atomic mass is 10.1. The molecule has 0 bridgehead atoms. The van der Waals surface area contributed by atoms with E-state index in [-0.39, 0.29) is 0 Å². The lowest BCUT2D eigenvalue weighted by Crippen LogP contribution is -2.02. The van der Waals surface area contributed by atoms with Crippen LogP contribution in [0.15, 0.2) is 57.1 Å². The summed E-state index contributed by atoms with van der Waals surface area (Å²) in [7, 11) is 0. The molecule has 0 saturated carbocycles. The van der Waals surface area contributed by atoms with Crippen molar-refractivity contribution in [3.05, 3.63) is 83.9 Å². The van der Waals surface area contributed by atoms with Gasteiger partial charge in [-0.15, -0.1) is 11.3 Å². The van der Waals surface area contributed by atoms with Crippen molar-refractivity contribution >= 4 is 68.8 Å². The molecule has 2 aromatic carbocycles. The molecule has 0 atom stereocenters. The van der Waals surface area contributed by atoms with Gasteiger partial charge in [-0.2, -0.15) is 5.26 Å². The number of fused-ring (bicyclic) bond motifs is 1. The van der Waals surface area contributed by atoms with Gasteiger partial charge in [0.2, 0.25) is 0 Å². The first-order valence-corrected chi connectivity index (χ1v) is 10.2. The molecule has 8 heteroatoms. The fourth-order valence-electron chi connectivity index (χ4n) is 2.72. The van der Waals surface area contributed by atoms with Crippen molar-refractivity contribution in [2.75, 3.05) is 0 Å². The second kappa shape index (κ2) is 8.02. The summed E-state index contributed by atoms with van der Waals surface area (Å²) in [5, 5.41) is 13.8. The number of hydrogen-bond donors (Lipinski definition) is 0. The second-order valence-electron chi connectivity index (χ2n) is 6.00. The minimum absolute atomic E-state index is 0.323. The van der Waals surface area contributed by atoms with Gasteiger partial charge in [0.1, 0.15) is 10.6 Å². The summed E-state index contributed by atoms with van der Waals surface area (Å²) in [5.74, 6) is 0. The zero-order chi connectivity index (χ0) is 20.5. The van der Waals surface area contributed by atoms with Crippen molar-refractivity contribution in [3.63, 3.8) is 0 Å². The quantitative estimate of drug-likeness (QED) is 0.246. The van der Waals surface area contributed by atoms with E-state index in [4.69, 9.17) is 39.2 Å². The standard InChI is InChI=1S/C21H9Cl3N2O2S/c22-14-2-4-19-12(5-14)6-15(21(27)28-19)18-10-29-20(26-18)8-13(9-25)11-1-3-16(23)17(24)7-11/h1-8,10H/b13-8+. The predicted octanol–water partition coefficient (Wildman–Crippen LogP) is 6.94. The Labute approximate surface area is 184 Å². The third-order valence-corrected chi connectivity index (χ3v) is 5.88. The monoisotopic (exact) mass is 458 g/mol. The van der Waals surface area contributed by atoms with Crippen molar-refractivity contribution in [1.29, 1.82) is 5.26 Å². The van der Waals surface area contributed by atoms with Gasteiger partial charge in [0.25, 0.3) is 0 Å². The first-order chi connectivity index (χ1) is 13.9. The third kappa shape index (κ3) is 4.07. The minimum atomic E-state index is -0.495. The third-order valence-electron chi connectivity index (χ3n) is 4.11. The van der Waals surface area contributed by atoms with Crippen LogP contribution in [-0.4, -0.2) is 4.98 Å². The van der Waals surface area contributed by atoms with E-state index in [2.05, 4.69) is 11.1 Å². The average Bonchev–Trinajstić information content (AvgIpc) is 3.16. The Bertz CT molecular complexity index is 1380. The highest BCUT2D eigenvalue weighted by atomic mass is 35.5. The topological polar surface area (TPSA) is 66.9 Å². The lowest BCUT2D eigenvalue weighted by molar-refractivity contribution is 0.563. The zero-order valence-electron chi connectivity index (χ0n) is 14.4. The summed E-state index contributed by atoms with van der Waals surface area (Å²) in [6, 6.07) is 13.8. The predicted molar refractivity (Wildman–Crippen MR) is 119 cm³/mol. The number of aromatic nitrogens is 1. The molecule has 2 aromatic heterocycles. The largest absolute Gasteiger partial charge is 0.422 e. The molecule has 0 aliphatic carbocycles. The summed E-state index contributed by atoms with van der Waals surface area (Å²) in [5.41, 5.74) is 1.74. The number of benzene rings is 2. The highest BCUT2D eigenvalue weighted by Crippen LogP contribution is 2.29. The smallest absolute Gasteiger partial charge is 0.345 e. The van der Waals surface area contributed by atoms with E-state index in [9.17, 15) is 10.1 Å². The van der Waals surface area contributed by atoms with Crippen LogP contribution in [0.2, 0.25) is 15.1 Å². The molecule has 0 amide bonds. The summed E-state index contributed by atoms with van der Waals surface area (Å²) in [4.78, 5) is 16.8. The van der Waals surface area contributed by atoms with Crippen LogP contribution in [0.5, 0.6) is 0 Å². The number of nitriles is 1. The van der Waals surface area contributed by atoms with Gasteiger partial charge in [0.15, 0.2) is 0 Å². The number of halogens is 3. The molecule has 4 nitrogen and oxygen atoms in total. The molecular formula is C21H9Cl3N2O2S. The van der Waals surface area contributed by atoms with Gasteiger partial charge < -0.3 is 4.42 Å². The first-order valence-electron chi connectivity index (χ1n) is 8.21. The maximum atomic E-state index is 12.4. The summed E-state index contributed by atoms with van der Waals surface area (Å²) < 4.78 is 5.36. The highest BCUT2D eigenvalue weighted by molar-refractivity contribution is 7.10. The summed E-state index contributed by atoms with van der Waals surface area (Å²) in [6.45, 7) is 0. The molecule has 142 valence electrons. The van der Waals surface area contributed by atoms with Crippen LogP contribution >= 0.6 is 46.1 Å². The Morgan fingerprint density at radius 2 is 1.93 bits per heavy atom. The number of allylic oxidation sites excluding steroid dienone is 1. The Balaban J connectivity index is 1.74. The molecule has 4 rings (SSSR count). The normalized spacial score (nSPS) is 11.6. The minimum Gasteiger partial charge on any atom is -0.422 e. The molecule has 0 radical (unpaired) electrons. The van der Waals surface area contributed by atoms with E-state index in [0.29, 0.717) is 53.4 Å². The Morgan fingerprint density at radius 3 is 2.69 bits per heavy atom. The molecule has 4 aromatic rings. The van der Waals surface area contributed by atoms with E-state index >= 15 is 0 Å². The van der Waals surface area contributed by atoms with Gasteiger partial charge in [0.05, 0.1) is 32.9 Å². The van der Waals surface area contributed by atoms with Crippen molar-refractivity contribution in [3.8, 4) is 17.3 Å². The van der Waals surface area contributed by atoms with Crippen LogP contribution in [0.25, 0.3) is 33.9 Å². The molecule has 0 N–H and O–H groups in total. The molecule has 0 fully saturated rings. The lowest BCUT2D eigenvalue weighted by Gasteiger charge is -2.01. The van der Waals surface area contributed by atoms with Crippen LogP contribution < -0.4 is 5.63 Å². The van der Waals surface area contributed by atoms with Gasteiger partial charge in [-0.25, -0.2) is 9.78 Å². The van der Waals surface area contributed by atoms with Crippen molar-refractivity contribution in [2.24, 2.45) is 0 Å². The number of rotatable bonds is 3. The molecule has 0 unspecified atom stereocenters. The van der Waals surface area contributed by atoms with Crippen molar-refractivity contribution in [1.82, 2.24) is 4.98 Å².